The van der Waals surface area contributed by atoms with Gasteiger partial charge in [-0.1, -0.05) is 43.5 Å². The summed E-state index contributed by atoms with van der Waals surface area (Å²) in [5.41, 5.74) is 1.92. The molecule has 1 aromatic rings. The SMILES string of the molecule is CC(=O)N1C=Cc2ccccc2C1CC(=O)N[C@H]1CCCCC[C@H]1C(=O)O. The Balaban J connectivity index is 1.76. The average Bonchev–Trinajstić information content (AvgIpc) is 2.87. The molecule has 1 unspecified atom stereocenters. The van der Waals surface area contributed by atoms with Crippen molar-refractivity contribution in [2.24, 2.45) is 5.92 Å². The summed E-state index contributed by atoms with van der Waals surface area (Å²) in [4.78, 5) is 38.0. The van der Waals surface area contributed by atoms with Gasteiger partial charge in [-0.3, -0.25) is 14.4 Å². The number of benzene rings is 1. The molecule has 2 amide bonds. The van der Waals surface area contributed by atoms with Crippen molar-refractivity contribution in [3.05, 3.63) is 41.6 Å². The van der Waals surface area contributed by atoms with Crippen molar-refractivity contribution >= 4 is 23.9 Å². The molecule has 2 N–H and O–H groups in total. The number of nitrogens with zero attached hydrogens (tertiary/aromatic N) is 1. The quantitative estimate of drug-likeness (QED) is 0.798. The van der Waals surface area contributed by atoms with Crippen LogP contribution in [0.2, 0.25) is 0 Å². The van der Waals surface area contributed by atoms with Crippen LogP contribution in [0.5, 0.6) is 0 Å². The fourth-order valence-electron chi connectivity index (χ4n) is 4.13. The average molecular weight is 370 g/mol. The second-order valence-electron chi connectivity index (χ2n) is 7.35. The van der Waals surface area contributed by atoms with E-state index in [1.54, 1.807) is 11.1 Å². The third-order valence-corrected chi connectivity index (χ3v) is 5.53. The lowest BCUT2D eigenvalue weighted by Crippen LogP contribution is -2.44. The predicted molar refractivity (Wildman–Crippen MR) is 101 cm³/mol. The van der Waals surface area contributed by atoms with Gasteiger partial charge in [0.15, 0.2) is 0 Å². The Bertz CT molecular complexity index is 758. The van der Waals surface area contributed by atoms with Crippen LogP contribution >= 0.6 is 0 Å². The monoisotopic (exact) mass is 370 g/mol. The number of fused-ring (bicyclic) bond motifs is 1. The second kappa shape index (κ2) is 8.37. The van der Waals surface area contributed by atoms with Crippen LogP contribution in [0.15, 0.2) is 30.5 Å². The minimum absolute atomic E-state index is 0.115. The van der Waals surface area contributed by atoms with Crippen LogP contribution in [0.4, 0.5) is 0 Å². The van der Waals surface area contributed by atoms with E-state index in [9.17, 15) is 19.5 Å². The highest BCUT2D eigenvalue weighted by molar-refractivity contribution is 5.82. The van der Waals surface area contributed by atoms with E-state index in [1.165, 1.54) is 6.92 Å². The molecule has 1 aliphatic heterocycles. The highest BCUT2D eigenvalue weighted by atomic mass is 16.4. The molecule has 0 radical (unpaired) electrons. The number of amides is 2. The summed E-state index contributed by atoms with van der Waals surface area (Å²) in [5.74, 6) is -1.73. The molecule has 6 nitrogen and oxygen atoms in total. The Morgan fingerprint density at radius 3 is 2.63 bits per heavy atom. The number of hydrogen-bond donors (Lipinski definition) is 2. The summed E-state index contributed by atoms with van der Waals surface area (Å²) in [7, 11) is 0. The number of carbonyl (C=O) groups excluding carboxylic acids is 2. The number of carboxylic acid groups (broad SMARTS) is 1. The van der Waals surface area contributed by atoms with E-state index in [4.69, 9.17) is 0 Å². The molecule has 0 aromatic heterocycles. The molecule has 0 bridgehead atoms. The lowest BCUT2D eigenvalue weighted by molar-refractivity contribution is -0.143. The number of hydrogen-bond acceptors (Lipinski definition) is 3. The molecular weight excluding hydrogens is 344 g/mol. The van der Waals surface area contributed by atoms with Crippen LogP contribution in [0.3, 0.4) is 0 Å². The van der Waals surface area contributed by atoms with Gasteiger partial charge in [-0.25, -0.2) is 0 Å². The number of aliphatic carboxylic acids is 1. The van der Waals surface area contributed by atoms with Gasteiger partial charge in [-0.2, -0.15) is 0 Å². The maximum Gasteiger partial charge on any atom is 0.308 e. The van der Waals surface area contributed by atoms with Gasteiger partial charge in [0.2, 0.25) is 11.8 Å². The third kappa shape index (κ3) is 4.38. The van der Waals surface area contributed by atoms with Crippen LogP contribution in [0, 0.1) is 5.92 Å². The standard InChI is InChI=1S/C21H26N2O4/c1-14(24)23-12-11-15-7-5-6-8-16(15)19(23)13-20(25)22-18-10-4-2-3-9-17(18)21(26)27/h5-8,11-12,17-19H,2-4,9-10,13H2,1H3,(H,22,25)(H,26,27)/t17-,18+,19?/m1/s1. The predicted octanol–water partition coefficient (Wildman–Crippen LogP) is 3.10. The van der Waals surface area contributed by atoms with Crippen molar-refractivity contribution in [2.45, 2.75) is 57.5 Å². The van der Waals surface area contributed by atoms with Gasteiger partial charge in [0.25, 0.3) is 0 Å². The highest BCUT2D eigenvalue weighted by Crippen LogP contribution is 2.33. The third-order valence-electron chi connectivity index (χ3n) is 5.53. The molecule has 3 atom stereocenters. The summed E-state index contributed by atoms with van der Waals surface area (Å²) >= 11 is 0. The molecule has 1 aromatic carbocycles. The minimum atomic E-state index is -0.849. The van der Waals surface area contributed by atoms with E-state index >= 15 is 0 Å². The largest absolute Gasteiger partial charge is 0.481 e. The molecule has 0 saturated heterocycles. The summed E-state index contributed by atoms with van der Waals surface area (Å²) < 4.78 is 0. The van der Waals surface area contributed by atoms with Gasteiger partial charge < -0.3 is 15.3 Å². The van der Waals surface area contributed by atoms with Crippen LogP contribution in [-0.2, 0) is 14.4 Å². The van der Waals surface area contributed by atoms with Crippen molar-refractivity contribution in [3.8, 4) is 0 Å². The molecular formula is C21H26N2O4. The minimum Gasteiger partial charge on any atom is -0.481 e. The van der Waals surface area contributed by atoms with Gasteiger partial charge in [0.05, 0.1) is 18.4 Å². The van der Waals surface area contributed by atoms with Crippen LogP contribution in [0.1, 0.15) is 62.6 Å². The van der Waals surface area contributed by atoms with E-state index in [0.717, 1.165) is 30.4 Å². The number of carboxylic acids is 1. The summed E-state index contributed by atoms with van der Waals surface area (Å²) in [6, 6.07) is 6.98. The lowest BCUT2D eigenvalue weighted by atomic mass is 9.92. The van der Waals surface area contributed by atoms with Crippen molar-refractivity contribution in [2.75, 3.05) is 0 Å². The molecule has 3 rings (SSSR count). The van der Waals surface area contributed by atoms with E-state index in [2.05, 4.69) is 5.32 Å². The zero-order chi connectivity index (χ0) is 19.4. The molecule has 1 aliphatic carbocycles. The summed E-state index contributed by atoms with van der Waals surface area (Å²) in [5, 5.41) is 12.4. The van der Waals surface area contributed by atoms with E-state index in [0.29, 0.717) is 12.8 Å². The van der Waals surface area contributed by atoms with Gasteiger partial charge in [-0.05, 0) is 30.0 Å². The topological polar surface area (TPSA) is 86.7 Å². The highest BCUT2D eigenvalue weighted by Gasteiger charge is 2.33. The normalized spacial score (nSPS) is 24.6. The molecule has 1 heterocycles. The first kappa shape index (κ1) is 19.1. The Morgan fingerprint density at radius 2 is 1.89 bits per heavy atom. The van der Waals surface area contributed by atoms with Crippen molar-refractivity contribution in [3.63, 3.8) is 0 Å². The van der Waals surface area contributed by atoms with Gasteiger partial charge in [0.1, 0.15) is 0 Å². The van der Waals surface area contributed by atoms with Crippen molar-refractivity contribution in [1.29, 1.82) is 0 Å². The van der Waals surface area contributed by atoms with Crippen LogP contribution in [-0.4, -0.2) is 33.8 Å². The zero-order valence-electron chi connectivity index (χ0n) is 15.6. The van der Waals surface area contributed by atoms with E-state index in [-0.39, 0.29) is 30.3 Å². The van der Waals surface area contributed by atoms with Crippen molar-refractivity contribution in [1.82, 2.24) is 10.2 Å². The summed E-state index contributed by atoms with van der Waals surface area (Å²) in [6.07, 6.45) is 7.77. The Labute approximate surface area is 159 Å². The molecule has 1 fully saturated rings. The maximum absolute atomic E-state index is 12.8. The number of rotatable bonds is 4. The Morgan fingerprint density at radius 1 is 1.15 bits per heavy atom. The van der Waals surface area contributed by atoms with Gasteiger partial charge in [-0.15, -0.1) is 0 Å². The van der Waals surface area contributed by atoms with E-state index < -0.39 is 11.9 Å². The van der Waals surface area contributed by atoms with Gasteiger partial charge in [0, 0.05) is 19.2 Å². The molecule has 144 valence electrons. The zero-order valence-corrected chi connectivity index (χ0v) is 15.6. The number of carbonyl (C=O) groups is 3. The lowest BCUT2D eigenvalue weighted by Gasteiger charge is -2.33. The second-order valence-corrected chi connectivity index (χ2v) is 7.35. The van der Waals surface area contributed by atoms with Crippen LogP contribution < -0.4 is 5.32 Å². The first-order chi connectivity index (χ1) is 13.0. The molecule has 6 heteroatoms. The fraction of sp³-hybridized carbons (Fsp3) is 0.476. The molecule has 2 aliphatic rings. The van der Waals surface area contributed by atoms with E-state index in [1.807, 2.05) is 30.3 Å². The van der Waals surface area contributed by atoms with Gasteiger partial charge >= 0.3 is 5.97 Å². The first-order valence-electron chi connectivity index (χ1n) is 9.55. The first-order valence-corrected chi connectivity index (χ1v) is 9.55. The number of nitrogens with one attached hydrogen (secondary N) is 1. The molecule has 27 heavy (non-hydrogen) atoms. The van der Waals surface area contributed by atoms with Crippen molar-refractivity contribution < 1.29 is 19.5 Å². The Kier molecular flexibility index (Phi) is 5.94. The van der Waals surface area contributed by atoms with Crippen LogP contribution in [0.25, 0.3) is 6.08 Å². The Hall–Kier alpha value is -2.63. The smallest absolute Gasteiger partial charge is 0.308 e. The summed E-state index contributed by atoms with van der Waals surface area (Å²) in [6.45, 7) is 1.48. The molecule has 0 spiro atoms. The maximum atomic E-state index is 12.8. The molecule has 1 saturated carbocycles. The fourth-order valence-corrected chi connectivity index (χ4v) is 4.13.